The molecular formula is C29H25N3O5. The van der Waals surface area contributed by atoms with E-state index in [2.05, 4.69) is 5.32 Å². The monoisotopic (exact) mass is 495 g/mol. The van der Waals surface area contributed by atoms with Gasteiger partial charge in [-0.1, -0.05) is 60.7 Å². The molecule has 0 saturated heterocycles. The topological polar surface area (TPSA) is 92.1 Å². The van der Waals surface area contributed by atoms with Crippen LogP contribution in [0, 0.1) is 0 Å². The van der Waals surface area contributed by atoms with Crippen molar-refractivity contribution in [3.63, 3.8) is 0 Å². The van der Waals surface area contributed by atoms with Crippen LogP contribution in [0.2, 0.25) is 0 Å². The second-order valence-electron chi connectivity index (χ2n) is 8.52. The quantitative estimate of drug-likeness (QED) is 0.365. The molecule has 37 heavy (non-hydrogen) atoms. The van der Waals surface area contributed by atoms with Gasteiger partial charge < -0.3 is 24.3 Å². The van der Waals surface area contributed by atoms with Crippen molar-refractivity contribution in [2.75, 3.05) is 22.9 Å². The number of nitrogens with zero attached hydrogens (tertiary/aromatic N) is 2. The zero-order chi connectivity index (χ0) is 25.6. The molecule has 2 heterocycles. The maximum absolute atomic E-state index is 13.8. The third-order valence-corrected chi connectivity index (χ3v) is 6.06. The second-order valence-corrected chi connectivity index (χ2v) is 8.52. The SMILES string of the molecule is O=C(NC1CN(c2ccccc2)c2ccccc2N(CC(=O)c2ccco2)C1=O)OCc1ccccc1. The summed E-state index contributed by atoms with van der Waals surface area (Å²) in [6.45, 7) is -0.0358. The highest BCUT2D eigenvalue weighted by Crippen LogP contribution is 2.37. The summed E-state index contributed by atoms with van der Waals surface area (Å²) in [6.07, 6.45) is 0.689. The number of hydrogen-bond donors (Lipinski definition) is 1. The largest absolute Gasteiger partial charge is 0.461 e. The number of hydrogen-bond acceptors (Lipinski definition) is 6. The van der Waals surface area contributed by atoms with Crippen molar-refractivity contribution < 1.29 is 23.5 Å². The van der Waals surface area contributed by atoms with Gasteiger partial charge in [0.1, 0.15) is 12.6 Å². The first kappa shape index (κ1) is 23.9. The minimum atomic E-state index is -0.986. The van der Waals surface area contributed by atoms with Gasteiger partial charge in [-0.2, -0.15) is 0 Å². The smallest absolute Gasteiger partial charge is 0.408 e. The number of anilines is 3. The Morgan fingerprint density at radius 2 is 1.54 bits per heavy atom. The molecule has 8 nitrogen and oxygen atoms in total. The number of amides is 2. The first-order chi connectivity index (χ1) is 18.1. The van der Waals surface area contributed by atoms with Crippen molar-refractivity contribution >= 4 is 34.8 Å². The van der Waals surface area contributed by atoms with Crippen LogP contribution >= 0.6 is 0 Å². The minimum absolute atomic E-state index is 0.0664. The molecule has 1 N–H and O–H groups in total. The maximum Gasteiger partial charge on any atom is 0.408 e. The minimum Gasteiger partial charge on any atom is -0.461 e. The Hall–Kier alpha value is -4.85. The van der Waals surface area contributed by atoms with Gasteiger partial charge in [-0.05, 0) is 42.0 Å². The van der Waals surface area contributed by atoms with E-state index in [-0.39, 0.29) is 31.2 Å². The van der Waals surface area contributed by atoms with Crippen molar-refractivity contribution in [1.82, 2.24) is 5.32 Å². The van der Waals surface area contributed by atoms with E-state index in [9.17, 15) is 14.4 Å². The van der Waals surface area contributed by atoms with Crippen LogP contribution in [0.25, 0.3) is 0 Å². The predicted molar refractivity (Wildman–Crippen MR) is 139 cm³/mol. The van der Waals surface area contributed by atoms with Crippen molar-refractivity contribution in [3.8, 4) is 0 Å². The number of benzene rings is 3. The number of rotatable bonds is 7. The fourth-order valence-electron chi connectivity index (χ4n) is 4.28. The zero-order valence-electron chi connectivity index (χ0n) is 19.9. The van der Waals surface area contributed by atoms with Crippen LogP contribution in [0.5, 0.6) is 0 Å². The number of alkyl carbamates (subject to hydrolysis) is 1. The molecule has 1 aliphatic rings. The molecule has 1 aliphatic heterocycles. The molecule has 8 heteroatoms. The van der Waals surface area contributed by atoms with E-state index in [1.54, 1.807) is 18.2 Å². The van der Waals surface area contributed by atoms with Crippen molar-refractivity contribution in [3.05, 3.63) is 115 Å². The van der Waals surface area contributed by atoms with Crippen LogP contribution in [0.1, 0.15) is 16.1 Å². The summed E-state index contributed by atoms with van der Waals surface area (Å²) >= 11 is 0. The Labute approximate surface area is 214 Å². The van der Waals surface area contributed by atoms with Crippen LogP contribution in [0.4, 0.5) is 21.9 Å². The van der Waals surface area contributed by atoms with Crippen LogP contribution in [-0.4, -0.2) is 36.9 Å². The normalized spacial score (nSPS) is 15.0. The molecule has 0 aliphatic carbocycles. The molecule has 0 saturated carbocycles. The molecule has 2 amide bonds. The number of ether oxygens (including phenoxy) is 1. The third kappa shape index (κ3) is 5.38. The molecule has 5 rings (SSSR count). The van der Waals surface area contributed by atoms with E-state index >= 15 is 0 Å². The Balaban J connectivity index is 1.46. The van der Waals surface area contributed by atoms with E-state index in [0.29, 0.717) is 5.69 Å². The average Bonchev–Trinajstić information content (AvgIpc) is 3.46. The number of ketones is 1. The first-order valence-electron chi connectivity index (χ1n) is 11.9. The summed E-state index contributed by atoms with van der Waals surface area (Å²) in [6, 6.07) is 28.4. The van der Waals surface area contributed by atoms with Crippen LogP contribution in [0.3, 0.4) is 0 Å². The fraction of sp³-hybridized carbons (Fsp3) is 0.138. The number of carbonyl (C=O) groups excluding carboxylic acids is 3. The van der Waals surface area contributed by atoms with Gasteiger partial charge in [0, 0.05) is 5.69 Å². The van der Waals surface area contributed by atoms with Gasteiger partial charge in [0.15, 0.2) is 5.76 Å². The summed E-state index contributed by atoms with van der Waals surface area (Å²) in [5.74, 6) is -0.629. The van der Waals surface area contributed by atoms with Crippen LogP contribution in [0.15, 0.2) is 108 Å². The van der Waals surface area contributed by atoms with Crippen molar-refractivity contribution in [1.29, 1.82) is 0 Å². The molecule has 1 atom stereocenters. The number of furan rings is 1. The number of fused-ring (bicyclic) bond motifs is 1. The van der Waals surface area contributed by atoms with Crippen LogP contribution < -0.4 is 15.1 Å². The van der Waals surface area contributed by atoms with E-state index in [1.807, 2.05) is 83.8 Å². The number of para-hydroxylation sites is 3. The van der Waals surface area contributed by atoms with Gasteiger partial charge in [0.25, 0.3) is 5.91 Å². The molecule has 186 valence electrons. The molecule has 0 radical (unpaired) electrons. The summed E-state index contributed by atoms with van der Waals surface area (Å²) in [5.41, 5.74) is 2.95. The van der Waals surface area contributed by atoms with Gasteiger partial charge >= 0.3 is 6.09 Å². The maximum atomic E-state index is 13.8. The van der Waals surface area contributed by atoms with E-state index in [0.717, 1.165) is 16.9 Å². The van der Waals surface area contributed by atoms with E-state index in [1.165, 1.54) is 11.2 Å². The second kappa shape index (κ2) is 10.8. The Bertz CT molecular complexity index is 1370. The van der Waals surface area contributed by atoms with Gasteiger partial charge in [0.05, 0.1) is 30.7 Å². The molecule has 0 fully saturated rings. The summed E-state index contributed by atoms with van der Waals surface area (Å²) < 4.78 is 10.7. The standard InChI is InChI=1S/C29H25N3O5/c33-26(27-16-9-17-36-27)19-32-25-15-8-7-14-24(25)31(22-12-5-2-6-13-22)18-23(28(32)34)30-29(35)37-20-21-10-3-1-4-11-21/h1-17,23H,18-20H2,(H,30,35). The highest BCUT2D eigenvalue weighted by molar-refractivity contribution is 6.09. The molecule has 0 spiro atoms. The Morgan fingerprint density at radius 1 is 0.865 bits per heavy atom. The van der Waals surface area contributed by atoms with Crippen molar-refractivity contribution in [2.24, 2.45) is 0 Å². The van der Waals surface area contributed by atoms with Crippen molar-refractivity contribution in [2.45, 2.75) is 12.6 Å². The Morgan fingerprint density at radius 3 is 2.24 bits per heavy atom. The molecule has 0 bridgehead atoms. The lowest BCUT2D eigenvalue weighted by atomic mass is 10.2. The van der Waals surface area contributed by atoms with E-state index in [4.69, 9.17) is 9.15 Å². The number of Topliss-reactive ketones (excluding diaryl/α,β-unsaturated/α-hetero) is 1. The summed E-state index contributed by atoms with van der Waals surface area (Å²) in [5, 5.41) is 2.72. The lowest BCUT2D eigenvalue weighted by molar-refractivity contribution is -0.120. The lowest BCUT2D eigenvalue weighted by Gasteiger charge is -2.26. The van der Waals surface area contributed by atoms with Crippen LogP contribution in [-0.2, 0) is 16.1 Å². The predicted octanol–water partition coefficient (Wildman–Crippen LogP) is 4.94. The number of nitrogens with one attached hydrogen (secondary N) is 1. The first-order valence-corrected chi connectivity index (χ1v) is 11.9. The van der Waals surface area contributed by atoms with Gasteiger partial charge in [-0.25, -0.2) is 4.79 Å². The average molecular weight is 496 g/mol. The molecule has 3 aromatic carbocycles. The Kier molecular flexibility index (Phi) is 6.98. The van der Waals surface area contributed by atoms with Gasteiger partial charge in [-0.3, -0.25) is 9.59 Å². The lowest BCUT2D eigenvalue weighted by Crippen LogP contribution is -2.52. The molecule has 1 unspecified atom stereocenters. The zero-order valence-corrected chi connectivity index (χ0v) is 19.9. The molecule has 1 aromatic heterocycles. The number of carbonyl (C=O) groups is 3. The third-order valence-electron chi connectivity index (χ3n) is 6.06. The fourth-order valence-corrected chi connectivity index (χ4v) is 4.28. The van der Waals surface area contributed by atoms with E-state index < -0.39 is 18.0 Å². The van der Waals surface area contributed by atoms with Gasteiger partial charge in [0.2, 0.25) is 5.78 Å². The molecular weight excluding hydrogens is 470 g/mol. The van der Waals surface area contributed by atoms with Gasteiger partial charge in [-0.15, -0.1) is 0 Å². The summed E-state index contributed by atoms with van der Waals surface area (Å²) in [7, 11) is 0. The highest BCUT2D eigenvalue weighted by atomic mass is 16.5. The highest BCUT2D eigenvalue weighted by Gasteiger charge is 2.36. The summed E-state index contributed by atoms with van der Waals surface area (Å²) in [4.78, 5) is 42.9. The molecule has 4 aromatic rings.